The van der Waals surface area contributed by atoms with Crippen molar-refractivity contribution < 1.29 is 4.79 Å². The molecular weight excluding hydrogens is 320 g/mol. The highest BCUT2D eigenvalue weighted by atomic mass is 79.9. The molecule has 0 aliphatic carbocycles. The fourth-order valence-corrected chi connectivity index (χ4v) is 2.47. The molecule has 0 spiro atoms. The van der Waals surface area contributed by atoms with Crippen molar-refractivity contribution in [3.63, 3.8) is 0 Å². The van der Waals surface area contributed by atoms with Gasteiger partial charge in [-0.25, -0.2) is 0 Å². The lowest BCUT2D eigenvalue weighted by Gasteiger charge is -2.15. The van der Waals surface area contributed by atoms with Gasteiger partial charge in [-0.05, 0) is 30.7 Å². The van der Waals surface area contributed by atoms with Crippen LogP contribution >= 0.6 is 15.9 Å². The number of carbonyl (C=O) groups excluding carboxylic acids is 1. The molecular formula is C14H19BrN4O. The van der Waals surface area contributed by atoms with Gasteiger partial charge in [0.05, 0.1) is 6.54 Å². The molecule has 0 fully saturated rings. The van der Waals surface area contributed by atoms with Gasteiger partial charge in [0.25, 0.3) is 0 Å². The number of carbonyl (C=O) groups is 1. The van der Waals surface area contributed by atoms with Crippen molar-refractivity contribution in [2.75, 3.05) is 32.0 Å². The molecule has 0 atom stereocenters. The van der Waals surface area contributed by atoms with Crippen molar-refractivity contribution in [3.05, 3.63) is 28.2 Å². The quantitative estimate of drug-likeness (QED) is 0.882. The van der Waals surface area contributed by atoms with Crippen molar-refractivity contribution in [1.29, 1.82) is 0 Å². The van der Waals surface area contributed by atoms with E-state index in [0.717, 1.165) is 34.8 Å². The van der Waals surface area contributed by atoms with E-state index in [4.69, 9.17) is 0 Å². The van der Waals surface area contributed by atoms with Crippen LogP contribution in [0.15, 0.2) is 27.7 Å². The lowest BCUT2D eigenvalue weighted by Crippen LogP contribution is -2.37. The minimum atomic E-state index is 0.00386. The third-order valence-electron chi connectivity index (χ3n) is 3.16. The summed E-state index contributed by atoms with van der Waals surface area (Å²) in [4.78, 5) is 18.3. The molecule has 0 unspecified atom stereocenters. The number of hydrogen-bond acceptors (Lipinski definition) is 4. The van der Waals surface area contributed by atoms with Gasteiger partial charge in [-0.3, -0.25) is 9.79 Å². The van der Waals surface area contributed by atoms with Crippen molar-refractivity contribution in [3.8, 4) is 0 Å². The first kappa shape index (κ1) is 14.8. The second-order valence-electron chi connectivity index (χ2n) is 4.81. The molecule has 0 saturated carbocycles. The Morgan fingerprint density at radius 3 is 2.95 bits per heavy atom. The standard InChI is InChI=1S/C14H19BrN4O/c1-10-9-11(15)3-4-12(10)18-13(20)5-6-16-14-17-7-8-19(14)2/h3-4,9H,5-8H2,1-2H3,(H,16,17)(H,18,20). The van der Waals surface area contributed by atoms with E-state index in [2.05, 4.69) is 36.5 Å². The van der Waals surface area contributed by atoms with E-state index >= 15 is 0 Å². The maximum Gasteiger partial charge on any atom is 0.226 e. The summed E-state index contributed by atoms with van der Waals surface area (Å²) in [5, 5.41) is 6.10. The van der Waals surface area contributed by atoms with Crippen LogP contribution in [0.25, 0.3) is 0 Å². The van der Waals surface area contributed by atoms with Crippen molar-refractivity contribution in [2.45, 2.75) is 13.3 Å². The maximum atomic E-state index is 11.9. The van der Waals surface area contributed by atoms with E-state index in [1.54, 1.807) is 0 Å². The van der Waals surface area contributed by atoms with Gasteiger partial charge in [-0.1, -0.05) is 15.9 Å². The Bertz CT molecular complexity index is 530. The van der Waals surface area contributed by atoms with Crippen molar-refractivity contribution in [1.82, 2.24) is 10.2 Å². The molecule has 2 rings (SSSR count). The number of rotatable bonds is 4. The molecule has 0 aromatic heterocycles. The average molecular weight is 339 g/mol. The van der Waals surface area contributed by atoms with E-state index in [-0.39, 0.29) is 5.91 Å². The van der Waals surface area contributed by atoms with Crippen LogP contribution in [0.4, 0.5) is 5.69 Å². The van der Waals surface area contributed by atoms with E-state index in [9.17, 15) is 4.79 Å². The van der Waals surface area contributed by atoms with Gasteiger partial charge in [-0.15, -0.1) is 0 Å². The number of amides is 1. The summed E-state index contributed by atoms with van der Waals surface area (Å²) in [7, 11) is 1.99. The fraction of sp³-hybridized carbons (Fsp3) is 0.429. The highest BCUT2D eigenvalue weighted by Crippen LogP contribution is 2.20. The Kier molecular flexibility index (Phi) is 5.00. The SMILES string of the molecule is Cc1cc(Br)ccc1NC(=O)CCNC1=NCCN1C. The largest absolute Gasteiger partial charge is 0.356 e. The minimum Gasteiger partial charge on any atom is -0.356 e. The molecule has 0 bridgehead atoms. The summed E-state index contributed by atoms with van der Waals surface area (Å²) >= 11 is 3.41. The second-order valence-corrected chi connectivity index (χ2v) is 5.73. The van der Waals surface area contributed by atoms with Crippen LogP contribution in [0.5, 0.6) is 0 Å². The van der Waals surface area contributed by atoms with Crippen LogP contribution in [0.1, 0.15) is 12.0 Å². The summed E-state index contributed by atoms with van der Waals surface area (Å²) in [5.41, 5.74) is 1.90. The van der Waals surface area contributed by atoms with Crippen molar-refractivity contribution >= 4 is 33.5 Å². The molecule has 20 heavy (non-hydrogen) atoms. The van der Waals surface area contributed by atoms with Gasteiger partial charge in [0, 0.05) is 36.7 Å². The van der Waals surface area contributed by atoms with Crippen molar-refractivity contribution in [2.24, 2.45) is 4.99 Å². The first-order chi connectivity index (χ1) is 9.56. The predicted molar refractivity (Wildman–Crippen MR) is 85.1 cm³/mol. The number of aliphatic imine (C=N–C) groups is 1. The molecule has 1 aliphatic heterocycles. The van der Waals surface area contributed by atoms with Crippen LogP contribution in [0.2, 0.25) is 0 Å². The van der Waals surface area contributed by atoms with E-state index in [0.29, 0.717) is 13.0 Å². The molecule has 0 radical (unpaired) electrons. The molecule has 2 N–H and O–H groups in total. The molecule has 108 valence electrons. The van der Waals surface area contributed by atoms with Gasteiger partial charge < -0.3 is 15.5 Å². The van der Waals surface area contributed by atoms with Gasteiger partial charge in [0.2, 0.25) is 5.91 Å². The van der Waals surface area contributed by atoms with Gasteiger partial charge in [0.1, 0.15) is 0 Å². The highest BCUT2D eigenvalue weighted by Gasteiger charge is 2.12. The fourth-order valence-electron chi connectivity index (χ4n) is 1.99. The summed E-state index contributed by atoms with van der Waals surface area (Å²) in [6.07, 6.45) is 0.419. The number of anilines is 1. The molecule has 1 amide bonds. The molecule has 0 saturated heterocycles. The summed E-state index contributed by atoms with van der Waals surface area (Å²) in [5.74, 6) is 0.877. The Labute approximate surface area is 127 Å². The molecule has 5 nitrogen and oxygen atoms in total. The molecule has 1 heterocycles. The topological polar surface area (TPSA) is 56.7 Å². The van der Waals surface area contributed by atoms with Crippen LogP contribution in [0.3, 0.4) is 0 Å². The number of guanidine groups is 1. The number of nitrogens with one attached hydrogen (secondary N) is 2. The van der Waals surface area contributed by atoms with Crippen LogP contribution in [0, 0.1) is 6.92 Å². The van der Waals surface area contributed by atoms with E-state index in [1.165, 1.54) is 0 Å². The first-order valence-corrected chi connectivity index (χ1v) is 7.41. The first-order valence-electron chi connectivity index (χ1n) is 6.62. The lowest BCUT2D eigenvalue weighted by atomic mass is 10.2. The predicted octanol–water partition coefficient (Wildman–Crippen LogP) is 1.98. The third kappa shape index (κ3) is 3.96. The maximum absolute atomic E-state index is 11.9. The number of halogens is 1. The smallest absolute Gasteiger partial charge is 0.226 e. The lowest BCUT2D eigenvalue weighted by molar-refractivity contribution is -0.116. The summed E-state index contributed by atoms with van der Waals surface area (Å²) < 4.78 is 1.01. The number of nitrogens with zero attached hydrogens (tertiary/aromatic N) is 2. The minimum absolute atomic E-state index is 0.00386. The Morgan fingerprint density at radius 2 is 2.30 bits per heavy atom. The zero-order valence-corrected chi connectivity index (χ0v) is 13.3. The van der Waals surface area contributed by atoms with Gasteiger partial charge in [0.15, 0.2) is 5.96 Å². The zero-order valence-electron chi connectivity index (χ0n) is 11.7. The van der Waals surface area contributed by atoms with E-state index < -0.39 is 0 Å². The number of benzene rings is 1. The molecule has 1 aromatic rings. The van der Waals surface area contributed by atoms with Gasteiger partial charge >= 0.3 is 0 Å². The van der Waals surface area contributed by atoms with Gasteiger partial charge in [-0.2, -0.15) is 0 Å². The Morgan fingerprint density at radius 1 is 1.50 bits per heavy atom. The number of hydrogen-bond donors (Lipinski definition) is 2. The van der Waals surface area contributed by atoms with Crippen LogP contribution in [-0.4, -0.2) is 43.4 Å². The normalized spacial score (nSPS) is 14.2. The van der Waals surface area contributed by atoms with Crippen LogP contribution < -0.4 is 10.6 Å². The molecule has 1 aromatic carbocycles. The monoisotopic (exact) mass is 338 g/mol. The summed E-state index contributed by atoms with van der Waals surface area (Å²) in [6, 6.07) is 5.80. The molecule has 1 aliphatic rings. The average Bonchev–Trinajstić information content (AvgIpc) is 2.79. The highest BCUT2D eigenvalue weighted by molar-refractivity contribution is 9.10. The number of aryl methyl sites for hydroxylation is 1. The summed E-state index contributed by atoms with van der Waals surface area (Å²) in [6.45, 7) is 4.32. The Hall–Kier alpha value is -1.56. The zero-order chi connectivity index (χ0) is 14.5. The second kappa shape index (κ2) is 6.74. The third-order valence-corrected chi connectivity index (χ3v) is 3.65. The van der Waals surface area contributed by atoms with Crippen LogP contribution in [-0.2, 0) is 4.79 Å². The number of likely N-dealkylation sites (N-methyl/N-ethyl adjacent to an activating group) is 1. The van der Waals surface area contributed by atoms with E-state index in [1.807, 2.05) is 32.2 Å². The Balaban J connectivity index is 1.78. The molecule has 6 heteroatoms.